The van der Waals surface area contributed by atoms with E-state index in [0.29, 0.717) is 23.8 Å². The summed E-state index contributed by atoms with van der Waals surface area (Å²) < 4.78 is 10.7. The Morgan fingerprint density at radius 1 is 1.56 bits per heavy atom. The van der Waals surface area contributed by atoms with Gasteiger partial charge in [-0.05, 0) is 24.8 Å². The van der Waals surface area contributed by atoms with Gasteiger partial charge >= 0.3 is 5.97 Å². The molecule has 5 heteroatoms. The van der Waals surface area contributed by atoms with E-state index >= 15 is 0 Å². The largest absolute Gasteiger partial charge is 0.459 e. The molecule has 0 aliphatic heterocycles. The van der Waals surface area contributed by atoms with Gasteiger partial charge in [0.2, 0.25) is 5.89 Å². The highest BCUT2D eigenvalue weighted by molar-refractivity contribution is 7.13. The number of aromatic nitrogens is 1. The van der Waals surface area contributed by atoms with Gasteiger partial charge in [-0.15, -0.1) is 11.3 Å². The van der Waals surface area contributed by atoms with Gasteiger partial charge in [0.15, 0.2) is 0 Å². The second-order valence-electron chi connectivity index (χ2n) is 3.91. The topological polar surface area (TPSA) is 52.3 Å². The average Bonchev–Trinajstić information content (AvgIpc) is 2.96. The number of ether oxygens (including phenoxy) is 1. The van der Waals surface area contributed by atoms with Crippen LogP contribution in [0, 0.1) is 6.92 Å². The molecule has 0 aromatic carbocycles. The Labute approximate surface area is 110 Å². The van der Waals surface area contributed by atoms with Crippen molar-refractivity contribution in [1.29, 1.82) is 0 Å². The molecule has 0 saturated heterocycles. The zero-order valence-corrected chi connectivity index (χ0v) is 11.3. The second-order valence-corrected chi connectivity index (χ2v) is 4.86. The third-order valence-corrected chi connectivity index (χ3v) is 3.31. The van der Waals surface area contributed by atoms with Gasteiger partial charge in [-0.25, -0.2) is 4.98 Å². The molecule has 0 bridgehead atoms. The Morgan fingerprint density at radius 2 is 2.39 bits per heavy atom. The molecule has 4 nitrogen and oxygen atoms in total. The molecule has 18 heavy (non-hydrogen) atoms. The standard InChI is InChI=1S/C13H15NO3S/c1-3-5-12(15)16-8-10-9(2)17-13(14-10)11-6-4-7-18-11/h4,6-7H,3,5,8H2,1-2H3. The third-order valence-electron chi connectivity index (χ3n) is 2.45. The number of oxazole rings is 1. The first kappa shape index (κ1) is 12.8. The summed E-state index contributed by atoms with van der Waals surface area (Å²) in [5.74, 6) is 1.09. The van der Waals surface area contributed by atoms with Gasteiger partial charge in [0.1, 0.15) is 18.1 Å². The highest BCUT2D eigenvalue weighted by Crippen LogP contribution is 2.26. The number of hydrogen-bond donors (Lipinski definition) is 0. The summed E-state index contributed by atoms with van der Waals surface area (Å²) in [5.41, 5.74) is 0.683. The van der Waals surface area contributed by atoms with Crippen LogP contribution in [0.1, 0.15) is 31.2 Å². The molecule has 0 aliphatic rings. The number of aryl methyl sites for hydroxylation is 1. The van der Waals surface area contributed by atoms with E-state index in [4.69, 9.17) is 9.15 Å². The van der Waals surface area contributed by atoms with Crippen molar-refractivity contribution in [3.63, 3.8) is 0 Å². The van der Waals surface area contributed by atoms with E-state index in [-0.39, 0.29) is 12.6 Å². The molecule has 2 rings (SSSR count). The summed E-state index contributed by atoms with van der Waals surface area (Å²) in [6.07, 6.45) is 1.23. The van der Waals surface area contributed by atoms with Crippen LogP contribution in [0.2, 0.25) is 0 Å². The first-order valence-electron chi connectivity index (χ1n) is 5.86. The second kappa shape index (κ2) is 5.82. The molecule has 0 atom stereocenters. The lowest BCUT2D eigenvalue weighted by atomic mass is 10.3. The minimum atomic E-state index is -0.197. The summed E-state index contributed by atoms with van der Waals surface area (Å²) in [5, 5.41) is 1.97. The first-order valence-corrected chi connectivity index (χ1v) is 6.74. The molecule has 96 valence electrons. The van der Waals surface area contributed by atoms with Crippen LogP contribution >= 0.6 is 11.3 Å². The van der Waals surface area contributed by atoms with Crippen LogP contribution < -0.4 is 0 Å². The molecule has 2 aromatic rings. The molecule has 0 unspecified atom stereocenters. The van der Waals surface area contributed by atoms with Gasteiger partial charge in [0.25, 0.3) is 0 Å². The van der Waals surface area contributed by atoms with Gasteiger partial charge in [0, 0.05) is 6.42 Å². The summed E-state index contributed by atoms with van der Waals surface area (Å²) in [6, 6.07) is 3.89. The molecular formula is C13H15NO3S. The fraction of sp³-hybridized carbons (Fsp3) is 0.385. The van der Waals surface area contributed by atoms with Crippen molar-refractivity contribution in [3.05, 3.63) is 29.0 Å². The van der Waals surface area contributed by atoms with Crippen molar-refractivity contribution in [3.8, 4) is 10.8 Å². The van der Waals surface area contributed by atoms with Crippen LogP contribution in [0.5, 0.6) is 0 Å². The lowest BCUT2D eigenvalue weighted by molar-refractivity contribution is -0.145. The van der Waals surface area contributed by atoms with Crippen LogP contribution in [0.3, 0.4) is 0 Å². The fourth-order valence-corrected chi connectivity index (χ4v) is 2.14. The molecule has 0 amide bonds. The van der Waals surface area contributed by atoms with Crippen LogP contribution in [0.4, 0.5) is 0 Å². The maximum atomic E-state index is 11.3. The number of rotatable bonds is 5. The predicted molar refractivity (Wildman–Crippen MR) is 69.3 cm³/mol. The maximum Gasteiger partial charge on any atom is 0.306 e. The zero-order valence-electron chi connectivity index (χ0n) is 10.4. The SMILES string of the molecule is CCCC(=O)OCc1nc(-c2cccs2)oc1C. The summed E-state index contributed by atoms with van der Waals surface area (Å²) in [4.78, 5) is 16.6. The summed E-state index contributed by atoms with van der Waals surface area (Å²) >= 11 is 1.57. The van der Waals surface area contributed by atoms with E-state index in [9.17, 15) is 4.79 Å². The fourth-order valence-electron chi connectivity index (χ4n) is 1.49. The van der Waals surface area contributed by atoms with Crippen LogP contribution in [0.15, 0.2) is 21.9 Å². The quantitative estimate of drug-likeness (QED) is 0.776. The number of nitrogens with zero attached hydrogens (tertiary/aromatic N) is 1. The Morgan fingerprint density at radius 3 is 3.06 bits per heavy atom. The van der Waals surface area contributed by atoms with Gasteiger partial charge in [0.05, 0.1) is 4.88 Å². The van der Waals surface area contributed by atoms with Crippen molar-refractivity contribution in [2.75, 3.05) is 0 Å². The highest BCUT2D eigenvalue weighted by atomic mass is 32.1. The van der Waals surface area contributed by atoms with Crippen molar-refractivity contribution in [2.24, 2.45) is 0 Å². The van der Waals surface area contributed by atoms with E-state index < -0.39 is 0 Å². The average molecular weight is 265 g/mol. The first-order chi connectivity index (χ1) is 8.70. The molecule has 0 aliphatic carbocycles. The lowest BCUT2D eigenvalue weighted by Gasteiger charge is -2.00. The van der Waals surface area contributed by atoms with E-state index in [2.05, 4.69) is 4.98 Å². The highest BCUT2D eigenvalue weighted by Gasteiger charge is 2.13. The van der Waals surface area contributed by atoms with Crippen LogP contribution in [0.25, 0.3) is 10.8 Å². The lowest BCUT2D eigenvalue weighted by Crippen LogP contribution is -2.04. The van der Waals surface area contributed by atoms with Crippen molar-refractivity contribution < 1.29 is 13.9 Å². The number of esters is 1. The summed E-state index contributed by atoms with van der Waals surface area (Å²) in [7, 11) is 0. The summed E-state index contributed by atoms with van der Waals surface area (Å²) in [6.45, 7) is 3.95. The number of hydrogen-bond acceptors (Lipinski definition) is 5. The zero-order chi connectivity index (χ0) is 13.0. The molecule has 2 heterocycles. The van der Waals surface area contributed by atoms with Crippen molar-refractivity contribution in [2.45, 2.75) is 33.3 Å². The molecule has 0 saturated carbocycles. The normalized spacial score (nSPS) is 10.6. The molecule has 0 radical (unpaired) electrons. The monoisotopic (exact) mass is 265 g/mol. The van der Waals surface area contributed by atoms with Crippen molar-refractivity contribution in [1.82, 2.24) is 4.98 Å². The van der Waals surface area contributed by atoms with Crippen LogP contribution in [-0.4, -0.2) is 11.0 Å². The Kier molecular flexibility index (Phi) is 4.15. The van der Waals surface area contributed by atoms with E-state index in [1.807, 2.05) is 31.4 Å². The van der Waals surface area contributed by atoms with Crippen LogP contribution in [-0.2, 0) is 16.1 Å². The smallest absolute Gasteiger partial charge is 0.306 e. The van der Waals surface area contributed by atoms with E-state index in [1.54, 1.807) is 11.3 Å². The van der Waals surface area contributed by atoms with Crippen molar-refractivity contribution >= 4 is 17.3 Å². The number of thiophene rings is 1. The van der Waals surface area contributed by atoms with E-state index in [0.717, 1.165) is 11.3 Å². The molecule has 0 spiro atoms. The number of carbonyl (C=O) groups is 1. The van der Waals surface area contributed by atoms with Gasteiger partial charge in [-0.2, -0.15) is 0 Å². The molecule has 0 fully saturated rings. The molecule has 2 aromatic heterocycles. The Hall–Kier alpha value is -1.62. The molecular weight excluding hydrogens is 250 g/mol. The minimum absolute atomic E-state index is 0.180. The molecule has 0 N–H and O–H groups in total. The van der Waals surface area contributed by atoms with Gasteiger partial charge in [-0.1, -0.05) is 13.0 Å². The minimum Gasteiger partial charge on any atom is -0.459 e. The Bertz CT molecular complexity index is 516. The Balaban J connectivity index is 2.04. The van der Waals surface area contributed by atoms with Gasteiger partial charge < -0.3 is 9.15 Å². The maximum absolute atomic E-state index is 11.3. The van der Waals surface area contributed by atoms with E-state index in [1.165, 1.54) is 0 Å². The van der Waals surface area contributed by atoms with Gasteiger partial charge in [-0.3, -0.25) is 4.79 Å². The third kappa shape index (κ3) is 2.98. The predicted octanol–water partition coefficient (Wildman–Crippen LogP) is 3.55. The number of carbonyl (C=O) groups excluding carboxylic acids is 1.